The fourth-order valence-corrected chi connectivity index (χ4v) is 2.42. The van der Waals surface area contributed by atoms with E-state index in [0.717, 1.165) is 22.6 Å². The highest BCUT2D eigenvalue weighted by molar-refractivity contribution is 7.99. The molecule has 0 atom stereocenters. The Kier molecular flexibility index (Phi) is 3.76. The second kappa shape index (κ2) is 5.30. The molecule has 1 aromatic carbocycles. The summed E-state index contributed by atoms with van der Waals surface area (Å²) in [7, 11) is 1.31. The van der Waals surface area contributed by atoms with Crippen molar-refractivity contribution in [2.45, 2.75) is 18.2 Å². The number of nitrogens with zero attached hydrogens (tertiary/aromatic N) is 2. The van der Waals surface area contributed by atoms with Crippen LogP contribution in [-0.4, -0.2) is 28.5 Å². The van der Waals surface area contributed by atoms with Gasteiger partial charge in [0, 0.05) is 4.90 Å². The van der Waals surface area contributed by atoms with Crippen molar-refractivity contribution in [1.29, 1.82) is 0 Å². The molecule has 6 heteroatoms. The highest BCUT2D eigenvalue weighted by atomic mass is 32.2. The van der Waals surface area contributed by atoms with Crippen LogP contribution in [0.5, 0.6) is 0 Å². The molecule has 0 spiro atoms. The third kappa shape index (κ3) is 2.28. The number of imidazole rings is 1. The van der Waals surface area contributed by atoms with Gasteiger partial charge in [0.15, 0.2) is 0 Å². The van der Waals surface area contributed by atoms with Gasteiger partial charge in [0.05, 0.1) is 18.1 Å². The molecule has 5 nitrogen and oxygen atoms in total. The molecule has 1 heterocycles. The van der Waals surface area contributed by atoms with Crippen molar-refractivity contribution >= 4 is 28.8 Å². The molecular formula is C12H15N3O2S. The zero-order chi connectivity index (χ0) is 13.1. The molecule has 0 unspecified atom stereocenters. The number of benzene rings is 1. The maximum atomic E-state index is 11.5. The molecule has 0 radical (unpaired) electrons. The molecule has 0 fully saturated rings. The molecule has 18 heavy (non-hydrogen) atoms. The largest absolute Gasteiger partial charge is 0.463 e. The Labute approximate surface area is 109 Å². The molecule has 0 aliphatic rings. The summed E-state index contributed by atoms with van der Waals surface area (Å²) >= 11 is 1.76. The highest BCUT2D eigenvalue weighted by Gasteiger charge is 2.16. The average molecular weight is 265 g/mol. The molecule has 96 valence electrons. The SMILES string of the molecule is CCCSc1ccc2c(c1)nc(C(=O)OC)n2N. The molecule has 2 aromatic rings. The summed E-state index contributed by atoms with van der Waals surface area (Å²) in [5, 5.41) is 0. The first-order valence-electron chi connectivity index (χ1n) is 5.66. The Bertz CT molecular complexity index is 580. The monoisotopic (exact) mass is 265 g/mol. The van der Waals surface area contributed by atoms with Crippen molar-refractivity contribution in [3.63, 3.8) is 0 Å². The molecule has 0 aliphatic heterocycles. The zero-order valence-corrected chi connectivity index (χ0v) is 11.2. The minimum atomic E-state index is -0.531. The predicted molar refractivity (Wildman–Crippen MR) is 72.2 cm³/mol. The zero-order valence-electron chi connectivity index (χ0n) is 10.3. The van der Waals surface area contributed by atoms with Crippen LogP contribution in [0.4, 0.5) is 0 Å². The van der Waals surface area contributed by atoms with E-state index < -0.39 is 5.97 Å². The van der Waals surface area contributed by atoms with E-state index in [4.69, 9.17) is 5.84 Å². The maximum absolute atomic E-state index is 11.5. The van der Waals surface area contributed by atoms with E-state index in [1.165, 1.54) is 11.8 Å². The van der Waals surface area contributed by atoms with Crippen LogP contribution in [0.2, 0.25) is 0 Å². The van der Waals surface area contributed by atoms with Gasteiger partial charge in [-0.3, -0.25) is 0 Å². The lowest BCUT2D eigenvalue weighted by atomic mass is 10.3. The van der Waals surface area contributed by atoms with Crippen LogP contribution in [-0.2, 0) is 4.74 Å². The van der Waals surface area contributed by atoms with E-state index >= 15 is 0 Å². The van der Waals surface area contributed by atoms with Gasteiger partial charge < -0.3 is 10.6 Å². The second-order valence-corrected chi connectivity index (χ2v) is 4.96. The number of carbonyl (C=O) groups excluding carboxylic acids is 1. The van der Waals surface area contributed by atoms with E-state index in [0.29, 0.717) is 5.52 Å². The van der Waals surface area contributed by atoms with Gasteiger partial charge in [0.1, 0.15) is 0 Å². The van der Waals surface area contributed by atoms with E-state index in [9.17, 15) is 4.79 Å². The number of methoxy groups -OCH3 is 1. The smallest absolute Gasteiger partial charge is 0.376 e. The minimum Gasteiger partial charge on any atom is -0.463 e. The topological polar surface area (TPSA) is 70.1 Å². The normalized spacial score (nSPS) is 10.8. The van der Waals surface area contributed by atoms with Gasteiger partial charge in [-0.25, -0.2) is 14.5 Å². The van der Waals surface area contributed by atoms with Gasteiger partial charge in [0.25, 0.3) is 0 Å². The van der Waals surface area contributed by atoms with Crippen LogP contribution in [0.3, 0.4) is 0 Å². The number of ether oxygens (including phenoxy) is 1. The molecule has 1 aromatic heterocycles. The number of carbonyl (C=O) groups is 1. The van der Waals surface area contributed by atoms with Crippen LogP contribution < -0.4 is 5.84 Å². The fourth-order valence-electron chi connectivity index (χ4n) is 1.62. The van der Waals surface area contributed by atoms with Gasteiger partial charge in [-0.2, -0.15) is 0 Å². The highest BCUT2D eigenvalue weighted by Crippen LogP contribution is 2.24. The first kappa shape index (κ1) is 12.8. The van der Waals surface area contributed by atoms with Crippen LogP contribution in [0.15, 0.2) is 23.1 Å². The van der Waals surface area contributed by atoms with E-state index in [2.05, 4.69) is 16.6 Å². The molecule has 2 rings (SSSR count). The van der Waals surface area contributed by atoms with Crippen molar-refractivity contribution in [3.8, 4) is 0 Å². The fraction of sp³-hybridized carbons (Fsp3) is 0.333. The second-order valence-electron chi connectivity index (χ2n) is 3.80. The lowest BCUT2D eigenvalue weighted by Crippen LogP contribution is -2.17. The summed E-state index contributed by atoms with van der Waals surface area (Å²) in [6.45, 7) is 2.13. The summed E-state index contributed by atoms with van der Waals surface area (Å²) in [6.07, 6.45) is 1.11. The van der Waals surface area contributed by atoms with E-state index in [-0.39, 0.29) is 5.82 Å². The lowest BCUT2D eigenvalue weighted by Gasteiger charge is -2.01. The van der Waals surface area contributed by atoms with Crippen molar-refractivity contribution in [1.82, 2.24) is 9.66 Å². The van der Waals surface area contributed by atoms with Gasteiger partial charge in [-0.1, -0.05) is 6.92 Å². The Morgan fingerprint density at radius 1 is 1.56 bits per heavy atom. The van der Waals surface area contributed by atoms with E-state index in [1.54, 1.807) is 11.8 Å². The van der Waals surface area contributed by atoms with Crippen LogP contribution >= 0.6 is 11.8 Å². The Morgan fingerprint density at radius 3 is 3.00 bits per heavy atom. The summed E-state index contributed by atoms with van der Waals surface area (Å²) in [5.41, 5.74) is 1.43. The summed E-state index contributed by atoms with van der Waals surface area (Å²) in [4.78, 5) is 16.8. The van der Waals surface area contributed by atoms with E-state index in [1.807, 2.05) is 18.2 Å². The van der Waals surface area contributed by atoms with Gasteiger partial charge in [-0.15, -0.1) is 11.8 Å². The minimum absolute atomic E-state index is 0.116. The number of rotatable bonds is 4. The quantitative estimate of drug-likeness (QED) is 0.520. The molecule has 0 bridgehead atoms. The van der Waals surface area contributed by atoms with Gasteiger partial charge in [-0.05, 0) is 30.4 Å². The number of nitrogens with two attached hydrogens (primary N) is 1. The van der Waals surface area contributed by atoms with Crippen molar-refractivity contribution in [2.75, 3.05) is 18.7 Å². The van der Waals surface area contributed by atoms with Crippen molar-refractivity contribution < 1.29 is 9.53 Å². The third-order valence-corrected chi connectivity index (χ3v) is 3.70. The van der Waals surface area contributed by atoms with Crippen molar-refractivity contribution in [3.05, 3.63) is 24.0 Å². The van der Waals surface area contributed by atoms with Crippen LogP contribution in [0.25, 0.3) is 11.0 Å². The predicted octanol–water partition coefficient (Wildman–Crippen LogP) is 2.04. The van der Waals surface area contributed by atoms with Crippen molar-refractivity contribution in [2.24, 2.45) is 0 Å². The lowest BCUT2D eigenvalue weighted by molar-refractivity contribution is 0.0584. The average Bonchev–Trinajstić information content (AvgIpc) is 2.72. The molecule has 0 aliphatic carbocycles. The standard InChI is InChI=1S/C12H15N3O2S/c1-3-6-18-8-4-5-10-9(7-8)14-11(15(10)13)12(16)17-2/h4-5,7H,3,6,13H2,1-2H3. The Morgan fingerprint density at radius 2 is 2.33 bits per heavy atom. The first-order chi connectivity index (χ1) is 8.67. The first-order valence-corrected chi connectivity index (χ1v) is 6.64. The molecule has 0 amide bonds. The van der Waals surface area contributed by atoms with Gasteiger partial charge >= 0.3 is 5.97 Å². The molecular weight excluding hydrogens is 250 g/mol. The number of hydrogen-bond donors (Lipinski definition) is 1. The third-order valence-electron chi connectivity index (χ3n) is 2.50. The van der Waals surface area contributed by atoms with Gasteiger partial charge in [0.2, 0.25) is 5.82 Å². The van der Waals surface area contributed by atoms with Crippen LogP contribution in [0, 0.1) is 0 Å². The number of nitrogen functional groups attached to an aromatic ring is 1. The Hall–Kier alpha value is -1.69. The maximum Gasteiger partial charge on any atom is 0.376 e. The summed E-state index contributed by atoms with van der Waals surface area (Å²) < 4.78 is 5.89. The number of fused-ring (bicyclic) bond motifs is 1. The molecule has 2 N–H and O–H groups in total. The molecule has 0 saturated heterocycles. The number of thioether (sulfide) groups is 1. The number of esters is 1. The summed E-state index contributed by atoms with van der Waals surface area (Å²) in [6, 6.07) is 5.78. The Balaban J connectivity index is 2.42. The van der Waals surface area contributed by atoms with Crippen LogP contribution in [0.1, 0.15) is 24.0 Å². The number of hydrogen-bond acceptors (Lipinski definition) is 5. The summed E-state index contributed by atoms with van der Waals surface area (Å²) in [5.74, 6) is 6.45. The molecule has 0 saturated carbocycles. The number of aromatic nitrogens is 2.